The van der Waals surface area contributed by atoms with Crippen molar-refractivity contribution in [2.24, 2.45) is 5.41 Å². The van der Waals surface area contributed by atoms with Crippen LogP contribution in [0.1, 0.15) is 25.7 Å². The summed E-state index contributed by atoms with van der Waals surface area (Å²) in [6.07, 6.45) is 4.19. The van der Waals surface area contributed by atoms with Crippen LogP contribution in [0.3, 0.4) is 0 Å². The van der Waals surface area contributed by atoms with Crippen molar-refractivity contribution in [3.8, 4) is 0 Å². The summed E-state index contributed by atoms with van der Waals surface area (Å²) in [5, 5.41) is 12.1. The van der Waals surface area contributed by atoms with Crippen LogP contribution >= 0.6 is 0 Å². The molecule has 0 amide bonds. The minimum atomic E-state index is -0.620. The molecular formula is C8H13NO2. The largest absolute Gasteiger partial charge is 0.481 e. The summed E-state index contributed by atoms with van der Waals surface area (Å²) in [4.78, 5) is 10.7. The van der Waals surface area contributed by atoms with Crippen LogP contribution in [0.5, 0.6) is 0 Å². The smallest absolute Gasteiger partial charge is 0.310 e. The predicted octanol–water partition coefficient (Wildman–Crippen LogP) is 0.603. The van der Waals surface area contributed by atoms with Crippen LogP contribution in [0.4, 0.5) is 0 Å². The van der Waals surface area contributed by atoms with Crippen molar-refractivity contribution in [3.63, 3.8) is 0 Å². The molecular weight excluding hydrogens is 142 g/mol. The van der Waals surface area contributed by atoms with Crippen LogP contribution in [0, 0.1) is 5.41 Å². The summed E-state index contributed by atoms with van der Waals surface area (Å²) >= 11 is 0. The van der Waals surface area contributed by atoms with E-state index >= 15 is 0 Å². The van der Waals surface area contributed by atoms with Crippen LogP contribution in [-0.4, -0.2) is 23.7 Å². The average molecular weight is 155 g/mol. The van der Waals surface area contributed by atoms with Gasteiger partial charge in [0, 0.05) is 12.6 Å². The number of carboxylic acids is 1. The van der Waals surface area contributed by atoms with Gasteiger partial charge in [-0.25, -0.2) is 0 Å². The first-order chi connectivity index (χ1) is 5.23. The van der Waals surface area contributed by atoms with E-state index in [1.54, 1.807) is 0 Å². The number of nitrogens with one attached hydrogen (secondary N) is 1. The molecule has 0 aliphatic heterocycles. The Morgan fingerprint density at radius 2 is 2.18 bits per heavy atom. The number of carboxylic acid groups (broad SMARTS) is 1. The molecule has 0 radical (unpaired) electrons. The number of hydrogen-bond donors (Lipinski definition) is 2. The van der Waals surface area contributed by atoms with Gasteiger partial charge in [0.1, 0.15) is 0 Å². The highest BCUT2D eigenvalue weighted by Gasteiger charge is 2.50. The zero-order chi connectivity index (χ0) is 7.90. The van der Waals surface area contributed by atoms with Crippen molar-refractivity contribution in [2.75, 3.05) is 6.54 Å². The first kappa shape index (κ1) is 7.10. The SMILES string of the molecule is O=C(O)C1(CNC2CC2)CC1. The molecule has 3 nitrogen and oxygen atoms in total. The highest BCUT2D eigenvalue weighted by molar-refractivity contribution is 5.78. The third kappa shape index (κ3) is 1.38. The normalized spacial score (nSPS) is 26.5. The molecule has 0 saturated heterocycles. The standard InChI is InChI=1S/C8H13NO2/c10-7(11)8(3-4-8)5-9-6-1-2-6/h6,9H,1-5H2,(H,10,11). The van der Waals surface area contributed by atoms with Gasteiger partial charge in [-0.05, 0) is 25.7 Å². The Morgan fingerprint density at radius 3 is 2.55 bits per heavy atom. The number of rotatable bonds is 4. The zero-order valence-corrected chi connectivity index (χ0v) is 6.47. The van der Waals surface area contributed by atoms with E-state index in [0.717, 1.165) is 12.8 Å². The second kappa shape index (κ2) is 2.21. The first-order valence-corrected chi connectivity index (χ1v) is 4.20. The molecule has 62 valence electrons. The summed E-state index contributed by atoms with van der Waals surface area (Å²) in [7, 11) is 0. The van der Waals surface area contributed by atoms with Crippen molar-refractivity contribution in [1.82, 2.24) is 5.32 Å². The van der Waals surface area contributed by atoms with Crippen molar-refractivity contribution in [2.45, 2.75) is 31.7 Å². The Balaban J connectivity index is 1.79. The molecule has 0 bridgehead atoms. The lowest BCUT2D eigenvalue weighted by Gasteiger charge is -2.09. The number of hydrogen-bond acceptors (Lipinski definition) is 2. The Hall–Kier alpha value is -0.570. The summed E-state index contributed by atoms with van der Waals surface area (Å²) < 4.78 is 0. The molecule has 2 saturated carbocycles. The van der Waals surface area contributed by atoms with E-state index in [1.165, 1.54) is 12.8 Å². The highest BCUT2D eigenvalue weighted by atomic mass is 16.4. The molecule has 11 heavy (non-hydrogen) atoms. The Kier molecular flexibility index (Phi) is 1.42. The quantitative estimate of drug-likeness (QED) is 0.625. The lowest BCUT2D eigenvalue weighted by Crippen LogP contribution is -2.31. The highest BCUT2D eigenvalue weighted by Crippen LogP contribution is 2.45. The summed E-state index contributed by atoms with van der Waals surface area (Å²) in [6.45, 7) is 0.687. The van der Waals surface area contributed by atoms with Crippen LogP contribution in [0.25, 0.3) is 0 Å². The molecule has 0 atom stereocenters. The number of carbonyl (C=O) groups is 1. The van der Waals surface area contributed by atoms with Crippen LogP contribution in [0.2, 0.25) is 0 Å². The van der Waals surface area contributed by atoms with Crippen molar-refractivity contribution in [1.29, 1.82) is 0 Å². The molecule has 2 aliphatic carbocycles. The molecule has 2 aliphatic rings. The summed E-state index contributed by atoms with van der Waals surface area (Å²) in [6, 6.07) is 0.631. The van der Waals surface area contributed by atoms with Gasteiger partial charge < -0.3 is 10.4 Å². The fraction of sp³-hybridized carbons (Fsp3) is 0.875. The maximum absolute atomic E-state index is 10.7. The van der Waals surface area contributed by atoms with E-state index in [2.05, 4.69) is 5.32 Å². The molecule has 0 aromatic rings. The van der Waals surface area contributed by atoms with Gasteiger partial charge in [-0.3, -0.25) is 4.79 Å². The molecule has 2 rings (SSSR count). The van der Waals surface area contributed by atoms with Gasteiger partial charge in [-0.2, -0.15) is 0 Å². The Morgan fingerprint density at radius 1 is 1.55 bits per heavy atom. The van der Waals surface area contributed by atoms with E-state index < -0.39 is 5.97 Å². The maximum atomic E-state index is 10.7. The third-order valence-corrected chi connectivity index (χ3v) is 2.61. The Labute approximate surface area is 65.8 Å². The maximum Gasteiger partial charge on any atom is 0.310 e. The molecule has 0 unspecified atom stereocenters. The molecule has 3 heteroatoms. The molecule has 0 aromatic carbocycles. The molecule has 0 aromatic heterocycles. The average Bonchev–Trinajstić information content (AvgIpc) is 2.82. The van der Waals surface area contributed by atoms with Crippen LogP contribution in [0.15, 0.2) is 0 Å². The van der Waals surface area contributed by atoms with Crippen molar-refractivity contribution in [3.05, 3.63) is 0 Å². The van der Waals surface area contributed by atoms with E-state index in [-0.39, 0.29) is 5.41 Å². The molecule has 0 heterocycles. The van der Waals surface area contributed by atoms with Gasteiger partial charge in [0.15, 0.2) is 0 Å². The second-order valence-electron chi connectivity index (χ2n) is 3.74. The fourth-order valence-corrected chi connectivity index (χ4v) is 1.24. The first-order valence-electron chi connectivity index (χ1n) is 4.20. The lowest BCUT2D eigenvalue weighted by atomic mass is 10.1. The third-order valence-electron chi connectivity index (χ3n) is 2.61. The van der Waals surface area contributed by atoms with Gasteiger partial charge in [0.05, 0.1) is 5.41 Å². The van der Waals surface area contributed by atoms with Crippen LogP contribution < -0.4 is 5.32 Å². The number of aliphatic carboxylic acids is 1. The topological polar surface area (TPSA) is 49.3 Å². The van der Waals surface area contributed by atoms with Crippen LogP contribution in [-0.2, 0) is 4.79 Å². The van der Waals surface area contributed by atoms with Gasteiger partial charge in [0.25, 0.3) is 0 Å². The van der Waals surface area contributed by atoms with Gasteiger partial charge in [0.2, 0.25) is 0 Å². The fourth-order valence-electron chi connectivity index (χ4n) is 1.24. The summed E-state index contributed by atoms with van der Waals surface area (Å²) in [5.41, 5.74) is -0.372. The molecule has 2 N–H and O–H groups in total. The monoisotopic (exact) mass is 155 g/mol. The van der Waals surface area contributed by atoms with E-state index in [0.29, 0.717) is 12.6 Å². The van der Waals surface area contributed by atoms with E-state index in [9.17, 15) is 4.79 Å². The predicted molar refractivity (Wildman–Crippen MR) is 40.3 cm³/mol. The molecule has 2 fully saturated rings. The minimum Gasteiger partial charge on any atom is -0.481 e. The lowest BCUT2D eigenvalue weighted by molar-refractivity contribution is -0.143. The minimum absolute atomic E-state index is 0.372. The van der Waals surface area contributed by atoms with E-state index in [1.807, 2.05) is 0 Å². The van der Waals surface area contributed by atoms with Gasteiger partial charge >= 0.3 is 5.97 Å². The van der Waals surface area contributed by atoms with Gasteiger partial charge in [-0.15, -0.1) is 0 Å². The zero-order valence-electron chi connectivity index (χ0n) is 6.47. The van der Waals surface area contributed by atoms with E-state index in [4.69, 9.17) is 5.11 Å². The summed E-state index contributed by atoms with van der Waals surface area (Å²) in [5.74, 6) is -0.620. The molecule has 0 spiro atoms. The van der Waals surface area contributed by atoms with Crippen molar-refractivity contribution >= 4 is 5.97 Å². The Bertz CT molecular complexity index is 183. The van der Waals surface area contributed by atoms with Gasteiger partial charge in [-0.1, -0.05) is 0 Å². The second-order valence-corrected chi connectivity index (χ2v) is 3.74. The van der Waals surface area contributed by atoms with Crippen molar-refractivity contribution < 1.29 is 9.90 Å².